The molecule has 0 radical (unpaired) electrons. The molecule has 0 unspecified atom stereocenters. The number of carbonyl (C=O) groups is 1. The fourth-order valence-corrected chi connectivity index (χ4v) is 3.81. The molecule has 1 N–H and O–H groups in total. The molecule has 0 spiro atoms. The molecular formula is C23H29O3-. The van der Waals surface area contributed by atoms with Gasteiger partial charge in [-0.05, 0) is 53.4 Å². The lowest BCUT2D eigenvalue weighted by Gasteiger charge is -2.34. The second-order valence-corrected chi connectivity index (χ2v) is 9.04. The van der Waals surface area contributed by atoms with Crippen LogP contribution in [0.25, 0.3) is 0 Å². The van der Waals surface area contributed by atoms with E-state index in [2.05, 4.69) is 34.6 Å². The van der Waals surface area contributed by atoms with Gasteiger partial charge < -0.3 is 10.2 Å². The highest BCUT2D eigenvalue weighted by atomic mass is 16.4. The quantitative estimate of drug-likeness (QED) is 0.816. The Hall–Kier alpha value is -2.29. The summed E-state index contributed by atoms with van der Waals surface area (Å²) in [4.78, 5) is 11.7. The summed E-state index contributed by atoms with van der Waals surface area (Å²) in [6.07, 6.45) is 1.34. The van der Waals surface area contributed by atoms with Crippen molar-refractivity contribution in [2.45, 2.75) is 59.8 Å². The molecule has 0 bridgehead atoms. The van der Waals surface area contributed by atoms with Crippen molar-refractivity contribution in [3.05, 3.63) is 64.2 Å². The molecule has 0 aliphatic carbocycles. The smallest absolute Gasteiger partial charge is 0.335 e. The number of hydrogen-bond acceptors (Lipinski definition) is 2. The third-order valence-electron chi connectivity index (χ3n) is 4.79. The predicted octanol–water partition coefficient (Wildman–Crippen LogP) is 5.07. The van der Waals surface area contributed by atoms with Crippen LogP contribution in [0, 0.1) is 12.3 Å². The molecule has 0 heterocycles. The zero-order valence-electron chi connectivity index (χ0n) is 16.6. The summed E-state index contributed by atoms with van der Waals surface area (Å²) >= 11 is 0. The average molecular weight is 353 g/mol. The van der Waals surface area contributed by atoms with Gasteiger partial charge in [-0.2, -0.15) is 0 Å². The zero-order chi connectivity index (χ0) is 19.7. The molecule has 0 aromatic heterocycles. The summed E-state index contributed by atoms with van der Waals surface area (Å²) in [6, 6.07) is 11.4. The van der Waals surface area contributed by atoms with E-state index in [1.54, 1.807) is 6.07 Å². The van der Waals surface area contributed by atoms with Gasteiger partial charge in [0.05, 0.1) is 5.56 Å². The summed E-state index contributed by atoms with van der Waals surface area (Å²) in [5, 5.41) is 22.2. The molecule has 3 nitrogen and oxygen atoms in total. The maximum atomic E-state index is 12.7. The Morgan fingerprint density at radius 3 is 2.19 bits per heavy atom. The Morgan fingerprint density at radius 1 is 1.04 bits per heavy atom. The van der Waals surface area contributed by atoms with Crippen molar-refractivity contribution in [3.63, 3.8) is 0 Å². The van der Waals surface area contributed by atoms with Crippen LogP contribution in [-0.4, -0.2) is 11.1 Å². The van der Waals surface area contributed by atoms with Crippen LogP contribution in [0.2, 0.25) is 0 Å². The highest BCUT2D eigenvalue weighted by Gasteiger charge is 2.28. The Kier molecular flexibility index (Phi) is 5.50. The number of rotatable bonds is 5. The standard InChI is InChI=1S/C23H30O3/c1-15-9-7-8-10-16(15)11-17-12-18(13-19(20(17)24)21(25)26)23(5,6)14-22(2,3)4/h7-10,12-13,24H,11,14H2,1-6H3,(H,25,26)/p-1. The number of benzene rings is 2. The summed E-state index contributed by atoms with van der Waals surface area (Å²) in [5.74, 6) is -1.54. The molecule has 0 aliphatic rings. The number of hydrogen-bond donors (Lipinski definition) is 1. The van der Waals surface area contributed by atoms with E-state index in [0.29, 0.717) is 12.0 Å². The number of carboxylic acid groups (broad SMARTS) is 1. The normalized spacial score (nSPS) is 12.2. The molecule has 3 heteroatoms. The van der Waals surface area contributed by atoms with E-state index in [9.17, 15) is 15.0 Å². The first-order valence-corrected chi connectivity index (χ1v) is 9.03. The van der Waals surface area contributed by atoms with E-state index in [1.165, 1.54) is 0 Å². The van der Waals surface area contributed by atoms with Crippen LogP contribution in [0.5, 0.6) is 5.75 Å². The molecule has 26 heavy (non-hydrogen) atoms. The molecule has 0 fully saturated rings. The third-order valence-corrected chi connectivity index (χ3v) is 4.79. The molecule has 0 amide bonds. The second-order valence-electron chi connectivity index (χ2n) is 9.04. The van der Waals surface area contributed by atoms with Crippen molar-refractivity contribution in [2.75, 3.05) is 0 Å². The van der Waals surface area contributed by atoms with Crippen molar-refractivity contribution in [1.82, 2.24) is 0 Å². The highest BCUT2D eigenvalue weighted by Crippen LogP contribution is 2.39. The largest absolute Gasteiger partial charge is 0.872 e. The first-order chi connectivity index (χ1) is 11.9. The third kappa shape index (κ3) is 4.66. The minimum absolute atomic E-state index is 0.0964. The van der Waals surface area contributed by atoms with Gasteiger partial charge >= 0.3 is 5.97 Å². The first kappa shape index (κ1) is 20.0. The van der Waals surface area contributed by atoms with Gasteiger partial charge in [-0.1, -0.05) is 76.3 Å². The van der Waals surface area contributed by atoms with Gasteiger partial charge in [0, 0.05) is 0 Å². The van der Waals surface area contributed by atoms with Crippen molar-refractivity contribution in [2.24, 2.45) is 5.41 Å². The molecular weight excluding hydrogens is 324 g/mol. The summed E-state index contributed by atoms with van der Waals surface area (Å²) in [5.41, 5.74) is 3.35. The molecule has 140 valence electrons. The van der Waals surface area contributed by atoms with E-state index in [0.717, 1.165) is 23.1 Å². The number of aryl methyl sites for hydroxylation is 1. The van der Waals surface area contributed by atoms with Gasteiger partial charge in [0.25, 0.3) is 0 Å². The van der Waals surface area contributed by atoms with Crippen LogP contribution in [0.4, 0.5) is 0 Å². The second kappa shape index (κ2) is 7.14. The molecule has 2 rings (SSSR count). The van der Waals surface area contributed by atoms with Gasteiger partial charge in [0.15, 0.2) is 0 Å². The van der Waals surface area contributed by atoms with Crippen LogP contribution in [0.1, 0.15) is 73.7 Å². The Bertz CT molecular complexity index is 811. The van der Waals surface area contributed by atoms with Crippen molar-refractivity contribution in [3.8, 4) is 5.75 Å². The summed E-state index contributed by atoms with van der Waals surface area (Å²) in [6.45, 7) is 12.7. The molecule has 2 aromatic rings. The van der Waals surface area contributed by atoms with Crippen LogP contribution in [0.15, 0.2) is 36.4 Å². The molecule has 0 saturated carbocycles. The van der Waals surface area contributed by atoms with Crippen LogP contribution in [0.3, 0.4) is 0 Å². The predicted molar refractivity (Wildman–Crippen MR) is 104 cm³/mol. The highest BCUT2D eigenvalue weighted by molar-refractivity contribution is 5.91. The Morgan fingerprint density at radius 2 is 1.65 bits per heavy atom. The SMILES string of the molecule is Cc1ccccc1Cc1cc(C(C)(C)CC(C)(C)C)cc(C(=O)O)c1[O-]. The van der Waals surface area contributed by atoms with Gasteiger partial charge in [-0.3, -0.25) is 0 Å². The van der Waals surface area contributed by atoms with Crippen molar-refractivity contribution in [1.29, 1.82) is 0 Å². The monoisotopic (exact) mass is 353 g/mol. The van der Waals surface area contributed by atoms with Gasteiger partial charge in [0.1, 0.15) is 0 Å². The number of aromatic carboxylic acids is 1. The maximum Gasteiger partial charge on any atom is 0.335 e. The van der Waals surface area contributed by atoms with E-state index < -0.39 is 5.97 Å². The summed E-state index contributed by atoms with van der Waals surface area (Å²) in [7, 11) is 0. The average Bonchev–Trinajstić information content (AvgIpc) is 2.48. The Balaban J connectivity index is 2.56. The molecule has 0 atom stereocenters. The summed E-state index contributed by atoms with van der Waals surface area (Å²) < 4.78 is 0. The van der Waals surface area contributed by atoms with Crippen LogP contribution >= 0.6 is 0 Å². The van der Waals surface area contributed by atoms with Crippen molar-refractivity contribution < 1.29 is 15.0 Å². The fraction of sp³-hybridized carbons (Fsp3) is 0.435. The minimum atomic E-state index is -1.16. The molecule has 2 aromatic carbocycles. The minimum Gasteiger partial charge on any atom is -0.872 e. The fourth-order valence-electron chi connectivity index (χ4n) is 3.81. The van der Waals surface area contributed by atoms with Crippen molar-refractivity contribution >= 4 is 5.97 Å². The van der Waals surface area contributed by atoms with E-state index in [-0.39, 0.29) is 22.1 Å². The topological polar surface area (TPSA) is 60.4 Å². The Labute approximate surface area is 156 Å². The van der Waals surface area contributed by atoms with Gasteiger partial charge in [-0.25, -0.2) is 4.79 Å². The number of carboxylic acids is 1. The van der Waals surface area contributed by atoms with Crippen LogP contribution < -0.4 is 5.11 Å². The first-order valence-electron chi connectivity index (χ1n) is 9.03. The lowest BCUT2D eigenvalue weighted by Crippen LogP contribution is -2.26. The van der Waals surface area contributed by atoms with Gasteiger partial charge in [-0.15, -0.1) is 0 Å². The lowest BCUT2D eigenvalue weighted by atomic mass is 9.71. The van der Waals surface area contributed by atoms with E-state index in [4.69, 9.17) is 0 Å². The zero-order valence-corrected chi connectivity index (χ0v) is 16.6. The van der Waals surface area contributed by atoms with Crippen LogP contribution in [-0.2, 0) is 11.8 Å². The maximum absolute atomic E-state index is 12.7. The molecule has 0 saturated heterocycles. The lowest BCUT2D eigenvalue weighted by molar-refractivity contribution is -0.269. The van der Waals surface area contributed by atoms with E-state index >= 15 is 0 Å². The van der Waals surface area contributed by atoms with Gasteiger partial charge in [0.2, 0.25) is 0 Å². The van der Waals surface area contributed by atoms with E-state index in [1.807, 2.05) is 37.3 Å². The molecule has 0 aliphatic heterocycles.